The van der Waals surface area contributed by atoms with E-state index in [1.54, 1.807) is 6.07 Å². The Kier molecular flexibility index (Phi) is 3.62. The monoisotopic (exact) mass is 451 g/mol. The molecule has 0 atom stereocenters. The summed E-state index contributed by atoms with van der Waals surface area (Å²) in [6.07, 6.45) is 0. The number of pyridine rings is 2. The normalized spacial score (nSPS) is 11.8. The minimum absolute atomic E-state index is 0.271. The minimum Gasteiger partial charge on any atom is -0.268 e. The molecule has 0 bridgehead atoms. The molecule has 2 aromatic heterocycles. The molecule has 142 valence electrons. The summed E-state index contributed by atoms with van der Waals surface area (Å²) in [6.45, 7) is 0. The number of rotatable bonds is 1. The zero-order chi connectivity index (χ0) is 20.4. The average molecular weight is 452 g/mol. The van der Waals surface area contributed by atoms with E-state index in [1.807, 2.05) is 78.9 Å². The van der Waals surface area contributed by atoms with Crippen LogP contribution in [0.3, 0.4) is 0 Å². The second kappa shape index (κ2) is 6.25. The number of aromatic nitrogens is 1. The van der Waals surface area contributed by atoms with Gasteiger partial charge in [-0.25, -0.2) is 4.40 Å². The van der Waals surface area contributed by atoms with Gasteiger partial charge in [0.05, 0.1) is 10.9 Å². The van der Waals surface area contributed by atoms with Crippen LogP contribution in [0.25, 0.3) is 49.0 Å². The average Bonchev–Trinajstić information content (AvgIpc) is 2.78. The molecule has 6 rings (SSSR count). The van der Waals surface area contributed by atoms with E-state index in [4.69, 9.17) is 0 Å². The summed E-state index contributed by atoms with van der Waals surface area (Å²) in [4.78, 5) is 27.2. The highest BCUT2D eigenvalue weighted by Gasteiger charge is 2.18. The van der Waals surface area contributed by atoms with Crippen molar-refractivity contribution in [2.24, 2.45) is 0 Å². The molecule has 0 aliphatic carbocycles. The fourth-order valence-corrected chi connectivity index (χ4v) is 4.79. The van der Waals surface area contributed by atoms with Gasteiger partial charge in [0.2, 0.25) is 0 Å². The molecule has 30 heavy (non-hydrogen) atoms. The lowest BCUT2D eigenvalue weighted by molar-refractivity contribution is 1.09. The van der Waals surface area contributed by atoms with Crippen molar-refractivity contribution < 1.29 is 0 Å². The van der Waals surface area contributed by atoms with E-state index in [0.717, 1.165) is 37.1 Å². The standard InChI is InChI=1S/C26H14BrNO2/c27-16-13-11-15(12-14-16)17-7-3-8-19-21-10-4-9-20-18-5-1-2-6-22(18)25(29)28(24(20)21)26(30)23(17)19/h1-14H. The SMILES string of the molecule is O=c1c2ccccc2c2cccc3c4cccc(-c5ccc(Br)cc5)c4c(=O)n1c23. The van der Waals surface area contributed by atoms with E-state index in [9.17, 15) is 9.59 Å². The molecule has 0 saturated heterocycles. The molecule has 4 aromatic carbocycles. The van der Waals surface area contributed by atoms with Crippen molar-refractivity contribution in [2.75, 3.05) is 0 Å². The lowest BCUT2D eigenvalue weighted by Gasteiger charge is -2.14. The summed E-state index contributed by atoms with van der Waals surface area (Å²) >= 11 is 3.47. The predicted molar refractivity (Wildman–Crippen MR) is 127 cm³/mol. The number of nitrogens with zero attached hydrogens (tertiary/aromatic N) is 1. The number of halogens is 1. The van der Waals surface area contributed by atoms with Crippen LogP contribution in [0.15, 0.2) is 99.0 Å². The number of hydrogen-bond donors (Lipinski definition) is 0. The van der Waals surface area contributed by atoms with E-state index < -0.39 is 0 Å². The summed E-state index contributed by atoms with van der Waals surface area (Å²) in [6, 6.07) is 27.2. The van der Waals surface area contributed by atoms with Gasteiger partial charge < -0.3 is 0 Å². The Balaban J connectivity index is 1.93. The van der Waals surface area contributed by atoms with Crippen molar-refractivity contribution in [3.05, 3.63) is 110 Å². The molecule has 4 heteroatoms. The van der Waals surface area contributed by atoms with Crippen molar-refractivity contribution in [2.45, 2.75) is 0 Å². The molecule has 0 aliphatic rings. The van der Waals surface area contributed by atoms with E-state index in [0.29, 0.717) is 16.3 Å². The first-order valence-electron chi connectivity index (χ1n) is 9.65. The summed E-state index contributed by atoms with van der Waals surface area (Å²) < 4.78 is 2.33. The Morgan fingerprint density at radius 3 is 1.93 bits per heavy atom. The number of para-hydroxylation sites is 1. The first-order chi connectivity index (χ1) is 14.6. The van der Waals surface area contributed by atoms with Gasteiger partial charge in [-0.15, -0.1) is 0 Å². The van der Waals surface area contributed by atoms with Gasteiger partial charge in [0.15, 0.2) is 0 Å². The largest absolute Gasteiger partial charge is 0.268 e. The molecular formula is C26H14BrNO2. The molecule has 0 unspecified atom stereocenters. The third-order valence-corrected chi connectivity index (χ3v) is 6.37. The Morgan fingerprint density at radius 1 is 0.567 bits per heavy atom. The van der Waals surface area contributed by atoms with Gasteiger partial charge in [0.25, 0.3) is 11.1 Å². The van der Waals surface area contributed by atoms with Crippen LogP contribution in [-0.2, 0) is 0 Å². The van der Waals surface area contributed by atoms with Crippen molar-refractivity contribution in [1.82, 2.24) is 4.40 Å². The molecule has 6 aromatic rings. The van der Waals surface area contributed by atoms with Crippen LogP contribution in [0, 0.1) is 0 Å². The van der Waals surface area contributed by atoms with Gasteiger partial charge in [-0.05, 0) is 40.1 Å². The summed E-state index contributed by atoms with van der Waals surface area (Å²) in [7, 11) is 0. The van der Waals surface area contributed by atoms with Crippen LogP contribution in [-0.4, -0.2) is 4.40 Å². The van der Waals surface area contributed by atoms with Gasteiger partial charge in [-0.1, -0.05) is 82.7 Å². The fourth-order valence-electron chi connectivity index (χ4n) is 4.53. The second-order valence-electron chi connectivity index (χ2n) is 7.43. The molecule has 0 radical (unpaired) electrons. The first-order valence-corrected chi connectivity index (χ1v) is 10.4. The Labute approximate surface area is 179 Å². The minimum atomic E-state index is -0.275. The molecule has 0 aliphatic heterocycles. The van der Waals surface area contributed by atoms with Gasteiger partial charge in [0, 0.05) is 20.6 Å². The zero-order valence-electron chi connectivity index (χ0n) is 15.7. The lowest BCUT2D eigenvalue weighted by Crippen LogP contribution is -2.27. The predicted octanol–water partition coefficient (Wildman–Crippen LogP) is 5.99. The van der Waals surface area contributed by atoms with Crippen LogP contribution in [0.2, 0.25) is 0 Å². The second-order valence-corrected chi connectivity index (χ2v) is 8.34. The van der Waals surface area contributed by atoms with Gasteiger partial charge in [-0.3, -0.25) is 9.59 Å². The maximum Gasteiger partial charge on any atom is 0.266 e. The molecule has 2 heterocycles. The summed E-state index contributed by atoms with van der Waals surface area (Å²) in [5.41, 5.74) is 1.90. The zero-order valence-corrected chi connectivity index (χ0v) is 17.3. The maximum absolute atomic E-state index is 13.8. The van der Waals surface area contributed by atoms with Gasteiger partial charge in [0.1, 0.15) is 0 Å². The third kappa shape index (κ3) is 2.25. The summed E-state index contributed by atoms with van der Waals surface area (Å²) in [5.74, 6) is 0. The molecule has 0 N–H and O–H groups in total. The highest BCUT2D eigenvalue weighted by molar-refractivity contribution is 9.10. The van der Waals surface area contributed by atoms with E-state index in [2.05, 4.69) is 15.9 Å². The van der Waals surface area contributed by atoms with Crippen molar-refractivity contribution in [1.29, 1.82) is 0 Å². The third-order valence-electron chi connectivity index (χ3n) is 5.84. The molecule has 0 spiro atoms. The number of hydrogen-bond acceptors (Lipinski definition) is 2. The van der Waals surface area contributed by atoms with Crippen molar-refractivity contribution in [3.63, 3.8) is 0 Å². The Hall–Kier alpha value is -3.50. The highest BCUT2D eigenvalue weighted by Crippen LogP contribution is 2.34. The quantitative estimate of drug-likeness (QED) is 0.227. The number of fused-ring (bicyclic) bond motifs is 4. The van der Waals surface area contributed by atoms with Gasteiger partial charge >= 0.3 is 0 Å². The number of benzene rings is 4. The van der Waals surface area contributed by atoms with Crippen LogP contribution in [0.5, 0.6) is 0 Å². The smallest absolute Gasteiger partial charge is 0.266 e. The molecule has 0 amide bonds. The molecular weight excluding hydrogens is 438 g/mol. The Morgan fingerprint density at radius 2 is 1.17 bits per heavy atom. The molecule has 3 nitrogen and oxygen atoms in total. The Bertz CT molecular complexity index is 1730. The topological polar surface area (TPSA) is 38.5 Å². The molecule has 0 saturated carbocycles. The van der Waals surface area contributed by atoms with E-state index in [1.165, 1.54) is 4.40 Å². The van der Waals surface area contributed by atoms with Crippen LogP contribution in [0.1, 0.15) is 0 Å². The maximum atomic E-state index is 13.8. The molecule has 0 fully saturated rings. The lowest BCUT2D eigenvalue weighted by atomic mass is 9.95. The summed E-state index contributed by atoms with van der Waals surface area (Å²) in [5, 5.41) is 4.67. The van der Waals surface area contributed by atoms with Crippen molar-refractivity contribution >= 4 is 53.8 Å². The first kappa shape index (κ1) is 17.4. The van der Waals surface area contributed by atoms with Crippen molar-refractivity contribution in [3.8, 4) is 11.1 Å². The fraction of sp³-hybridized carbons (Fsp3) is 0. The van der Waals surface area contributed by atoms with E-state index in [-0.39, 0.29) is 11.1 Å². The van der Waals surface area contributed by atoms with Crippen LogP contribution < -0.4 is 11.1 Å². The van der Waals surface area contributed by atoms with Crippen LogP contribution >= 0.6 is 15.9 Å². The highest BCUT2D eigenvalue weighted by atomic mass is 79.9. The van der Waals surface area contributed by atoms with Crippen LogP contribution in [0.4, 0.5) is 0 Å². The van der Waals surface area contributed by atoms with Gasteiger partial charge in [-0.2, -0.15) is 0 Å². The van der Waals surface area contributed by atoms with E-state index >= 15 is 0 Å².